The van der Waals surface area contributed by atoms with E-state index in [0.717, 1.165) is 33.7 Å². The summed E-state index contributed by atoms with van der Waals surface area (Å²) < 4.78 is 7.51. The normalized spacial score (nSPS) is 12.5. The number of benzene rings is 8. The number of nitrogens with zero attached hydrogens (tertiary/aromatic N) is 3. The van der Waals surface area contributed by atoms with Crippen LogP contribution in [0.5, 0.6) is 0 Å². The Kier molecular flexibility index (Phi) is 8.26. The van der Waals surface area contributed by atoms with Gasteiger partial charge in [0.25, 0.3) is 0 Å². The molecule has 3 aromatic heterocycles. The Bertz CT molecular complexity index is 3400. The fraction of sp³-hybridized carbons (Fsp3) is 0.0377. The van der Waals surface area contributed by atoms with E-state index in [4.69, 9.17) is 4.99 Å². The van der Waals surface area contributed by atoms with Crippen molar-refractivity contribution in [3.8, 4) is 16.8 Å². The largest absolute Gasteiger partial charge is 0.388 e. The number of hydrogen-bond donors (Lipinski definition) is 1. The standard InChI is InChI=1S/C53H38N4S/c1-54-44(35-16-4-2-5-17-35)33-45(36-18-6-3-7-19-36)55-34-56-46-24-12-9-21-39(46)42-30-31-49-52(53(42)56)43-23-10-14-26-48(43)57(49)47-25-13-8-20-38(47)37-28-29-41-40-22-11-15-27-50(40)58-51(41)32-37/h2-33,54H,34H2,1H3/b44-33-,55-45+. The Morgan fingerprint density at radius 1 is 0.552 bits per heavy atom. The average molecular weight is 763 g/mol. The van der Waals surface area contributed by atoms with Crippen LogP contribution in [0.4, 0.5) is 0 Å². The third-order valence-electron chi connectivity index (χ3n) is 11.5. The van der Waals surface area contributed by atoms with Crippen LogP contribution in [0.2, 0.25) is 0 Å². The predicted octanol–water partition coefficient (Wildman–Crippen LogP) is 13.6. The minimum absolute atomic E-state index is 0.445. The topological polar surface area (TPSA) is 34.2 Å². The molecule has 0 bridgehead atoms. The second-order valence-corrected chi connectivity index (χ2v) is 15.8. The highest BCUT2D eigenvalue weighted by molar-refractivity contribution is 7.25. The second kappa shape index (κ2) is 14.1. The smallest absolute Gasteiger partial charge is 0.115 e. The molecule has 0 fully saturated rings. The molecule has 0 amide bonds. The number of hydrogen-bond acceptors (Lipinski definition) is 3. The van der Waals surface area contributed by atoms with Crippen LogP contribution in [0, 0.1) is 0 Å². The lowest BCUT2D eigenvalue weighted by molar-refractivity contribution is 0.795. The lowest BCUT2D eigenvalue weighted by Gasteiger charge is -2.14. The van der Waals surface area contributed by atoms with Crippen LogP contribution in [0.3, 0.4) is 0 Å². The molecule has 3 heterocycles. The number of para-hydroxylation sites is 3. The van der Waals surface area contributed by atoms with Gasteiger partial charge in [0, 0.05) is 60.0 Å². The lowest BCUT2D eigenvalue weighted by Crippen LogP contribution is -2.09. The molecule has 0 aliphatic carbocycles. The van der Waals surface area contributed by atoms with Gasteiger partial charge in [-0.05, 0) is 59.2 Å². The van der Waals surface area contributed by atoms with Gasteiger partial charge >= 0.3 is 0 Å². The summed E-state index contributed by atoms with van der Waals surface area (Å²) in [6.45, 7) is 0.445. The maximum atomic E-state index is 5.45. The summed E-state index contributed by atoms with van der Waals surface area (Å²) in [6.07, 6.45) is 2.17. The molecule has 0 spiro atoms. The first-order valence-corrected chi connectivity index (χ1v) is 20.6. The molecule has 1 N–H and O–H groups in total. The molecule has 0 unspecified atom stereocenters. The third kappa shape index (κ3) is 5.54. The van der Waals surface area contributed by atoms with Crippen LogP contribution < -0.4 is 5.32 Å². The molecule has 8 aromatic carbocycles. The fourth-order valence-corrected chi connectivity index (χ4v) is 9.99. The molecule has 276 valence electrons. The Morgan fingerprint density at radius 2 is 1.19 bits per heavy atom. The molecule has 0 atom stereocenters. The molecule has 11 aromatic rings. The summed E-state index contributed by atoms with van der Waals surface area (Å²) >= 11 is 1.86. The Morgan fingerprint density at radius 3 is 2.00 bits per heavy atom. The van der Waals surface area contributed by atoms with Gasteiger partial charge in [0.2, 0.25) is 0 Å². The quantitative estimate of drug-likeness (QED) is 0.154. The summed E-state index contributed by atoms with van der Waals surface area (Å²) in [6, 6.07) is 67.7. The summed E-state index contributed by atoms with van der Waals surface area (Å²) in [4.78, 5) is 5.45. The summed E-state index contributed by atoms with van der Waals surface area (Å²) in [5, 5.41) is 11.0. The summed E-state index contributed by atoms with van der Waals surface area (Å²) in [5.41, 5.74) is 12.4. The maximum absolute atomic E-state index is 5.45. The molecule has 0 saturated heterocycles. The van der Waals surface area contributed by atoms with Crippen molar-refractivity contribution < 1.29 is 0 Å². The van der Waals surface area contributed by atoms with Gasteiger partial charge in [-0.25, -0.2) is 0 Å². The van der Waals surface area contributed by atoms with Gasteiger partial charge in [-0.15, -0.1) is 11.3 Å². The van der Waals surface area contributed by atoms with E-state index < -0.39 is 0 Å². The molecular weight excluding hydrogens is 725 g/mol. The van der Waals surface area contributed by atoms with Crippen LogP contribution in [0.15, 0.2) is 199 Å². The number of fused-ring (bicyclic) bond motifs is 10. The zero-order chi connectivity index (χ0) is 38.6. The monoisotopic (exact) mass is 762 g/mol. The Hall–Kier alpha value is -7.21. The van der Waals surface area contributed by atoms with Crippen molar-refractivity contribution in [2.45, 2.75) is 6.67 Å². The van der Waals surface area contributed by atoms with Gasteiger partial charge in [-0.3, -0.25) is 4.99 Å². The van der Waals surface area contributed by atoms with Crippen LogP contribution >= 0.6 is 11.3 Å². The molecule has 0 radical (unpaired) electrons. The zero-order valence-electron chi connectivity index (χ0n) is 31.9. The zero-order valence-corrected chi connectivity index (χ0v) is 32.7. The first-order valence-electron chi connectivity index (χ1n) is 19.7. The van der Waals surface area contributed by atoms with Crippen molar-refractivity contribution >= 4 is 86.5 Å². The SMILES string of the molecule is CN/C(=C\C(=N/Cn1c2ccccc2c2ccc3c(c4ccccc4n3-c3ccccc3-c3ccc4c(c3)sc3ccccc34)c21)c1ccccc1)c1ccccc1. The van der Waals surface area contributed by atoms with Crippen LogP contribution in [0.25, 0.3) is 86.3 Å². The van der Waals surface area contributed by atoms with Crippen molar-refractivity contribution in [1.82, 2.24) is 14.5 Å². The van der Waals surface area contributed by atoms with Crippen LogP contribution in [-0.4, -0.2) is 21.9 Å². The van der Waals surface area contributed by atoms with Gasteiger partial charge < -0.3 is 14.5 Å². The molecule has 5 heteroatoms. The Balaban J connectivity index is 1.14. The molecule has 0 aliphatic heterocycles. The van der Waals surface area contributed by atoms with E-state index in [2.05, 4.69) is 203 Å². The van der Waals surface area contributed by atoms with Gasteiger partial charge in [0.05, 0.1) is 33.5 Å². The minimum atomic E-state index is 0.445. The molecular formula is C53H38N4S. The van der Waals surface area contributed by atoms with Gasteiger partial charge in [-0.2, -0.15) is 0 Å². The number of thiophene rings is 1. The number of allylic oxidation sites excluding steroid dienone is 1. The first-order chi connectivity index (χ1) is 28.7. The summed E-state index contributed by atoms with van der Waals surface area (Å²) in [7, 11) is 1.97. The van der Waals surface area contributed by atoms with Gasteiger partial charge in [0.1, 0.15) is 6.67 Å². The van der Waals surface area contributed by atoms with Crippen molar-refractivity contribution in [3.05, 3.63) is 205 Å². The number of nitrogens with one attached hydrogen (secondary N) is 1. The van der Waals surface area contributed by atoms with Crippen molar-refractivity contribution in [3.63, 3.8) is 0 Å². The number of rotatable bonds is 8. The van der Waals surface area contributed by atoms with E-state index >= 15 is 0 Å². The van der Waals surface area contributed by atoms with E-state index in [0.29, 0.717) is 6.67 Å². The van der Waals surface area contributed by atoms with E-state index in [9.17, 15) is 0 Å². The highest BCUT2D eigenvalue weighted by Gasteiger charge is 2.21. The average Bonchev–Trinajstić information content (AvgIpc) is 3.94. The lowest BCUT2D eigenvalue weighted by atomic mass is 10.0. The minimum Gasteiger partial charge on any atom is -0.388 e. The molecule has 58 heavy (non-hydrogen) atoms. The molecule has 4 nitrogen and oxygen atoms in total. The van der Waals surface area contributed by atoms with Crippen LogP contribution in [-0.2, 0) is 6.67 Å². The fourth-order valence-electron chi connectivity index (χ4n) is 8.84. The van der Waals surface area contributed by atoms with E-state index in [1.165, 1.54) is 69.4 Å². The van der Waals surface area contributed by atoms with E-state index in [1.54, 1.807) is 0 Å². The van der Waals surface area contributed by atoms with Crippen molar-refractivity contribution in [1.29, 1.82) is 0 Å². The van der Waals surface area contributed by atoms with Crippen molar-refractivity contribution in [2.75, 3.05) is 7.05 Å². The first kappa shape index (κ1) is 34.1. The molecule has 11 rings (SSSR count). The number of aromatic nitrogens is 2. The predicted molar refractivity (Wildman–Crippen MR) is 249 cm³/mol. The van der Waals surface area contributed by atoms with Crippen LogP contribution in [0.1, 0.15) is 11.1 Å². The summed E-state index contributed by atoms with van der Waals surface area (Å²) in [5.74, 6) is 0. The number of aliphatic imine (C=N–C) groups is 1. The molecule has 0 aliphatic rings. The second-order valence-electron chi connectivity index (χ2n) is 14.7. The van der Waals surface area contributed by atoms with E-state index in [1.807, 2.05) is 24.5 Å². The van der Waals surface area contributed by atoms with Gasteiger partial charge in [-0.1, -0.05) is 152 Å². The molecule has 0 saturated carbocycles. The van der Waals surface area contributed by atoms with Crippen molar-refractivity contribution in [2.24, 2.45) is 4.99 Å². The third-order valence-corrected chi connectivity index (χ3v) is 12.6. The highest BCUT2D eigenvalue weighted by atomic mass is 32.1. The maximum Gasteiger partial charge on any atom is 0.115 e. The Labute approximate surface area is 340 Å². The van der Waals surface area contributed by atoms with E-state index in [-0.39, 0.29) is 0 Å². The van der Waals surface area contributed by atoms with Gasteiger partial charge in [0.15, 0.2) is 0 Å². The highest BCUT2D eigenvalue weighted by Crippen LogP contribution is 2.43.